The Bertz CT molecular complexity index is 709. The predicted octanol–water partition coefficient (Wildman–Crippen LogP) is 3.20. The fraction of sp³-hybridized carbons (Fsp3) is 0.412. The van der Waals surface area contributed by atoms with Crippen molar-refractivity contribution in [2.24, 2.45) is 12.0 Å². The monoisotopic (exact) mass is 503 g/mol. The summed E-state index contributed by atoms with van der Waals surface area (Å²) in [4.78, 5) is 4.31. The van der Waals surface area contributed by atoms with Crippen LogP contribution in [0.3, 0.4) is 0 Å². The Morgan fingerprint density at radius 3 is 2.75 bits per heavy atom. The van der Waals surface area contributed by atoms with Gasteiger partial charge in [-0.25, -0.2) is 0 Å². The molecule has 1 heterocycles. The van der Waals surface area contributed by atoms with Gasteiger partial charge in [0, 0.05) is 48.8 Å². The van der Waals surface area contributed by atoms with Crippen molar-refractivity contribution in [3.8, 4) is 0 Å². The maximum absolute atomic E-state index is 4.31. The van der Waals surface area contributed by atoms with Gasteiger partial charge in [0.15, 0.2) is 5.96 Å². The lowest BCUT2D eigenvalue weighted by Crippen LogP contribution is -2.40. The molecule has 1 aliphatic carbocycles. The van der Waals surface area contributed by atoms with Crippen LogP contribution in [0.5, 0.6) is 0 Å². The first kappa shape index (κ1) is 19.2. The van der Waals surface area contributed by atoms with E-state index in [-0.39, 0.29) is 29.4 Å². The summed E-state index contributed by atoms with van der Waals surface area (Å²) in [6.45, 7) is 1.62. The lowest BCUT2D eigenvalue weighted by atomic mass is 9.96. The molecule has 1 saturated carbocycles. The molecule has 0 unspecified atom stereocenters. The van der Waals surface area contributed by atoms with E-state index in [0.717, 1.165) is 29.1 Å². The molecule has 1 aliphatic rings. The maximum Gasteiger partial charge on any atom is 0.191 e. The highest BCUT2D eigenvalue weighted by Gasteiger charge is 2.44. The Morgan fingerprint density at radius 2 is 2.17 bits per heavy atom. The zero-order chi connectivity index (χ0) is 16.3. The highest BCUT2D eigenvalue weighted by molar-refractivity contribution is 14.0. The molecule has 1 fully saturated rings. The van der Waals surface area contributed by atoms with Crippen LogP contribution in [0.4, 0.5) is 0 Å². The third-order valence-electron chi connectivity index (χ3n) is 4.33. The Balaban J connectivity index is 0.00000208. The molecule has 0 saturated heterocycles. The maximum atomic E-state index is 4.31. The Morgan fingerprint density at radius 1 is 1.38 bits per heavy atom. The zero-order valence-electron chi connectivity index (χ0n) is 13.9. The first-order chi connectivity index (χ1) is 11.1. The van der Waals surface area contributed by atoms with E-state index in [2.05, 4.69) is 60.9 Å². The molecule has 0 atom stereocenters. The second kappa shape index (κ2) is 8.33. The minimum atomic E-state index is 0. The summed E-state index contributed by atoms with van der Waals surface area (Å²) in [6.07, 6.45) is 6.31. The molecule has 0 spiro atoms. The van der Waals surface area contributed by atoms with Crippen LogP contribution in [0, 0.1) is 0 Å². The van der Waals surface area contributed by atoms with Crippen molar-refractivity contribution in [1.82, 2.24) is 20.4 Å². The molecule has 2 N–H and O–H groups in total. The van der Waals surface area contributed by atoms with Gasteiger partial charge < -0.3 is 10.6 Å². The number of aryl methyl sites for hydroxylation is 1. The molecule has 5 nitrogen and oxygen atoms in total. The third kappa shape index (κ3) is 4.72. The van der Waals surface area contributed by atoms with Gasteiger partial charge in [-0.15, -0.1) is 24.0 Å². The fourth-order valence-electron chi connectivity index (χ4n) is 2.76. The summed E-state index contributed by atoms with van der Waals surface area (Å²) < 4.78 is 2.94. The van der Waals surface area contributed by atoms with Crippen LogP contribution < -0.4 is 10.6 Å². The number of aromatic nitrogens is 2. The second-order valence-electron chi connectivity index (χ2n) is 6.09. The molecule has 0 amide bonds. The quantitative estimate of drug-likeness (QED) is 0.374. The summed E-state index contributed by atoms with van der Waals surface area (Å²) in [7, 11) is 3.72. The van der Waals surface area contributed by atoms with Gasteiger partial charge in [-0.2, -0.15) is 5.10 Å². The summed E-state index contributed by atoms with van der Waals surface area (Å²) in [6, 6.07) is 8.61. The fourth-order valence-corrected chi connectivity index (χ4v) is 3.16. The first-order valence-electron chi connectivity index (χ1n) is 7.79. The molecule has 0 bridgehead atoms. The molecule has 0 radical (unpaired) electrons. The highest BCUT2D eigenvalue weighted by atomic mass is 127. The normalized spacial score (nSPS) is 15.5. The molecular weight excluding hydrogens is 481 g/mol. The van der Waals surface area contributed by atoms with Gasteiger partial charge in [-0.05, 0) is 30.5 Å². The predicted molar refractivity (Wildman–Crippen MR) is 112 cm³/mol. The van der Waals surface area contributed by atoms with Crippen LogP contribution >= 0.6 is 39.9 Å². The smallest absolute Gasteiger partial charge is 0.191 e. The van der Waals surface area contributed by atoms with Crippen molar-refractivity contribution in [3.63, 3.8) is 0 Å². The van der Waals surface area contributed by atoms with Crippen molar-refractivity contribution < 1.29 is 0 Å². The summed E-state index contributed by atoms with van der Waals surface area (Å²) in [5.41, 5.74) is 2.78. The Labute approximate surface area is 168 Å². The largest absolute Gasteiger partial charge is 0.356 e. The number of benzene rings is 1. The van der Waals surface area contributed by atoms with Crippen molar-refractivity contribution in [2.75, 3.05) is 13.6 Å². The van der Waals surface area contributed by atoms with Crippen molar-refractivity contribution in [2.45, 2.75) is 24.8 Å². The van der Waals surface area contributed by atoms with Gasteiger partial charge in [0.1, 0.15) is 0 Å². The van der Waals surface area contributed by atoms with E-state index in [4.69, 9.17) is 0 Å². The van der Waals surface area contributed by atoms with Crippen molar-refractivity contribution in [1.29, 1.82) is 0 Å². The topological polar surface area (TPSA) is 54.2 Å². The molecule has 2 aromatic rings. The van der Waals surface area contributed by atoms with E-state index in [1.165, 1.54) is 18.4 Å². The number of guanidine groups is 1. The van der Waals surface area contributed by atoms with E-state index in [0.29, 0.717) is 0 Å². The van der Waals surface area contributed by atoms with Gasteiger partial charge in [0.05, 0.1) is 6.20 Å². The third-order valence-corrected chi connectivity index (χ3v) is 4.82. The van der Waals surface area contributed by atoms with E-state index in [9.17, 15) is 0 Å². The summed E-state index contributed by atoms with van der Waals surface area (Å²) >= 11 is 3.56. The Hall–Kier alpha value is -1.09. The minimum Gasteiger partial charge on any atom is -0.356 e. The SMILES string of the molecule is CN=C(NCc1cnn(C)c1)NCC1(c2cccc(Br)c2)CC1.I. The number of nitrogens with one attached hydrogen (secondary N) is 2. The highest BCUT2D eigenvalue weighted by Crippen LogP contribution is 2.48. The van der Waals surface area contributed by atoms with Crippen LogP contribution in [0.2, 0.25) is 0 Å². The van der Waals surface area contributed by atoms with Crippen LogP contribution in [0.25, 0.3) is 0 Å². The molecular formula is C17H23BrIN5. The number of nitrogens with zero attached hydrogens (tertiary/aromatic N) is 3. The van der Waals surface area contributed by atoms with E-state index >= 15 is 0 Å². The molecule has 130 valence electrons. The van der Waals surface area contributed by atoms with E-state index < -0.39 is 0 Å². The van der Waals surface area contributed by atoms with Crippen molar-refractivity contribution >= 4 is 45.9 Å². The molecule has 3 rings (SSSR count). The number of aliphatic imine (C=N–C) groups is 1. The average Bonchev–Trinajstić information content (AvgIpc) is 3.23. The number of hydrogen-bond donors (Lipinski definition) is 2. The number of halogens is 2. The van der Waals surface area contributed by atoms with Crippen LogP contribution in [-0.4, -0.2) is 29.3 Å². The van der Waals surface area contributed by atoms with Crippen molar-refractivity contribution in [3.05, 3.63) is 52.3 Å². The number of hydrogen-bond acceptors (Lipinski definition) is 2. The summed E-state index contributed by atoms with van der Waals surface area (Å²) in [5.74, 6) is 0.829. The number of rotatable bonds is 5. The van der Waals surface area contributed by atoms with Gasteiger partial charge in [0.25, 0.3) is 0 Å². The molecule has 7 heteroatoms. The molecule has 0 aliphatic heterocycles. The standard InChI is InChI=1S/C17H22BrN5.HI/c1-19-16(20-9-13-10-22-23(2)11-13)21-12-17(6-7-17)14-4-3-5-15(18)8-14;/h3-5,8,10-11H,6-7,9,12H2,1-2H3,(H2,19,20,21);1H. The molecule has 1 aromatic carbocycles. The summed E-state index contributed by atoms with van der Waals surface area (Å²) in [5, 5.41) is 11.0. The van der Waals surface area contributed by atoms with Gasteiger partial charge in [0.2, 0.25) is 0 Å². The zero-order valence-corrected chi connectivity index (χ0v) is 17.8. The van der Waals surface area contributed by atoms with Crippen LogP contribution in [0.1, 0.15) is 24.0 Å². The van der Waals surface area contributed by atoms with Gasteiger partial charge in [-0.3, -0.25) is 9.67 Å². The van der Waals surface area contributed by atoms with Gasteiger partial charge >= 0.3 is 0 Å². The lowest BCUT2D eigenvalue weighted by molar-refractivity contribution is 0.645. The molecule has 1 aromatic heterocycles. The van der Waals surface area contributed by atoms with E-state index in [1.54, 1.807) is 11.7 Å². The van der Waals surface area contributed by atoms with E-state index in [1.807, 2.05) is 19.4 Å². The van der Waals surface area contributed by atoms with Gasteiger partial charge in [-0.1, -0.05) is 28.1 Å². The lowest BCUT2D eigenvalue weighted by Gasteiger charge is -2.19. The Kier molecular flexibility index (Phi) is 6.68. The van der Waals surface area contributed by atoms with Crippen LogP contribution in [-0.2, 0) is 19.0 Å². The molecule has 24 heavy (non-hydrogen) atoms. The van der Waals surface area contributed by atoms with Crippen LogP contribution in [0.15, 0.2) is 46.1 Å². The minimum absolute atomic E-state index is 0. The average molecular weight is 504 g/mol. The second-order valence-corrected chi connectivity index (χ2v) is 7.01. The first-order valence-corrected chi connectivity index (χ1v) is 8.59.